The van der Waals surface area contributed by atoms with Crippen LogP contribution in [-0.4, -0.2) is 30.6 Å². The molecule has 0 spiro atoms. The van der Waals surface area contributed by atoms with Crippen molar-refractivity contribution in [3.8, 4) is 0 Å². The molecule has 2 rings (SSSR count). The van der Waals surface area contributed by atoms with Crippen LogP contribution >= 0.6 is 0 Å². The van der Waals surface area contributed by atoms with Crippen molar-refractivity contribution in [2.24, 2.45) is 0 Å². The largest absolute Gasteiger partial charge is 0.457 e. The van der Waals surface area contributed by atoms with Gasteiger partial charge in [-0.1, -0.05) is 6.07 Å². The van der Waals surface area contributed by atoms with Gasteiger partial charge in [-0.25, -0.2) is 4.79 Å². The lowest BCUT2D eigenvalue weighted by Crippen LogP contribution is -2.33. The van der Waals surface area contributed by atoms with E-state index in [4.69, 9.17) is 9.47 Å². The summed E-state index contributed by atoms with van der Waals surface area (Å²) in [5.74, 6) is -0.371. The molecule has 0 bridgehead atoms. The van der Waals surface area contributed by atoms with Gasteiger partial charge in [0.1, 0.15) is 13.2 Å². The lowest BCUT2D eigenvalue weighted by atomic mass is 9.97. The summed E-state index contributed by atoms with van der Waals surface area (Å²) in [5, 5.41) is 2.85. The van der Waals surface area contributed by atoms with Crippen molar-refractivity contribution in [1.82, 2.24) is 5.32 Å². The molecule has 0 radical (unpaired) electrons. The fourth-order valence-corrected chi connectivity index (χ4v) is 2.34. The van der Waals surface area contributed by atoms with Crippen molar-refractivity contribution >= 4 is 11.9 Å². The summed E-state index contributed by atoms with van der Waals surface area (Å²) in [4.78, 5) is 23.2. The Labute approximate surface area is 131 Å². The number of carbonyl (C=O) groups excluding carboxylic acids is 2. The maximum Gasteiger partial charge on any atom is 0.338 e. The third-order valence-electron chi connectivity index (χ3n) is 3.63. The molecule has 0 atom stereocenters. The predicted octanol–water partition coefficient (Wildman–Crippen LogP) is 2.14. The Morgan fingerprint density at radius 2 is 2.09 bits per heavy atom. The Balaban J connectivity index is 1.86. The van der Waals surface area contributed by atoms with Gasteiger partial charge >= 0.3 is 5.97 Å². The van der Waals surface area contributed by atoms with Gasteiger partial charge in [0.05, 0.1) is 11.2 Å². The highest BCUT2D eigenvalue weighted by Gasteiger charge is 2.23. The number of ether oxygens (including phenoxy) is 2. The van der Waals surface area contributed by atoms with Crippen molar-refractivity contribution in [1.29, 1.82) is 0 Å². The number of esters is 1. The van der Waals surface area contributed by atoms with Gasteiger partial charge in [0, 0.05) is 12.1 Å². The first-order chi connectivity index (χ1) is 10.3. The molecule has 5 nitrogen and oxygen atoms in total. The molecule has 0 fully saturated rings. The minimum Gasteiger partial charge on any atom is -0.457 e. The summed E-state index contributed by atoms with van der Waals surface area (Å²) in [7, 11) is 0. The topological polar surface area (TPSA) is 64.6 Å². The van der Waals surface area contributed by atoms with Gasteiger partial charge in [0.15, 0.2) is 0 Å². The molecule has 22 heavy (non-hydrogen) atoms. The molecule has 0 aromatic heterocycles. The molecule has 5 heteroatoms. The Bertz CT molecular complexity index is 587. The first-order valence-electron chi connectivity index (χ1n) is 7.47. The van der Waals surface area contributed by atoms with Crippen molar-refractivity contribution in [2.75, 3.05) is 13.2 Å². The Kier molecular flexibility index (Phi) is 4.86. The molecular formula is C17H23NO4. The van der Waals surface area contributed by atoms with Crippen LogP contribution in [0, 0.1) is 6.92 Å². The van der Waals surface area contributed by atoms with E-state index in [0.717, 1.165) is 16.7 Å². The normalized spacial score (nSPS) is 13.7. The number of nitrogens with one attached hydrogen (secondary N) is 1. The minimum atomic E-state index is -0.319. The fourth-order valence-electron chi connectivity index (χ4n) is 2.34. The maximum absolute atomic E-state index is 11.7. The molecular weight excluding hydrogens is 282 g/mol. The van der Waals surface area contributed by atoms with Gasteiger partial charge in [0.2, 0.25) is 5.91 Å². The molecule has 1 aliphatic heterocycles. The zero-order valence-electron chi connectivity index (χ0n) is 13.6. The Morgan fingerprint density at radius 3 is 2.77 bits per heavy atom. The number of fused-ring (bicyclic) bond motifs is 1. The lowest BCUT2D eigenvalue weighted by Gasteiger charge is -2.19. The number of hydrogen-bond donors (Lipinski definition) is 1. The van der Waals surface area contributed by atoms with E-state index in [-0.39, 0.29) is 24.1 Å². The molecule has 1 N–H and O–H groups in total. The molecule has 1 heterocycles. The molecule has 1 aromatic carbocycles. The highest BCUT2D eigenvalue weighted by Crippen LogP contribution is 2.25. The zero-order chi connectivity index (χ0) is 16.3. The first-order valence-corrected chi connectivity index (χ1v) is 7.47. The summed E-state index contributed by atoms with van der Waals surface area (Å²) < 4.78 is 10.5. The van der Waals surface area contributed by atoms with Crippen LogP contribution in [0.1, 0.15) is 47.8 Å². The maximum atomic E-state index is 11.7. The van der Waals surface area contributed by atoms with Gasteiger partial charge < -0.3 is 14.8 Å². The van der Waals surface area contributed by atoms with Crippen LogP contribution < -0.4 is 5.32 Å². The van der Waals surface area contributed by atoms with Crippen LogP contribution in [0.4, 0.5) is 0 Å². The van der Waals surface area contributed by atoms with Crippen LogP contribution in [0.5, 0.6) is 0 Å². The Hall–Kier alpha value is -1.88. The minimum absolute atomic E-state index is 0.0645. The van der Waals surface area contributed by atoms with E-state index in [1.165, 1.54) is 0 Å². The third kappa shape index (κ3) is 4.07. The highest BCUT2D eigenvalue weighted by atomic mass is 16.5. The smallest absolute Gasteiger partial charge is 0.338 e. The Morgan fingerprint density at radius 1 is 1.36 bits per heavy atom. The van der Waals surface area contributed by atoms with Gasteiger partial charge in [-0.15, -0.1) is 0 Å². The highest BCUT2D eigenvalue weighted by molar-refractivity contribution is 5.93. The number of amides is 1. The lowest BCUT2D eigenvalue weighted by molar-refractivity contribution is -0.130. The molecule has 1 aliphatic rings. The molecule has 120 valence electrons. The number of rotatable bonds is 5. The van der Waals surface area contributed by atoms with Crippen molar-refractivity contribution in [3.63, 3.8) is 0 Å². The standard InChI is InChI=1S/C17H23NO4/c1-11-12(5-6-13-14(11)9-21-16(13)20)7-8-18-15(19)10-22-17(2,3)4/h5-6H,7-10H2,1-4H3,(H,18,19). The second kappa shape index (κ2) is 6.48. The number of cyclic esters (lactones) is 1. The van der Waals surface area contributed by atoms with Gasteiger partial charge in [-0.2, -0.15) is 0 Å². The quantitative estimate of drug-likeness (QED) is 0.847. The van der Waals surface area contributed by atoms with E-state index in [0.29, 0.717) is 25.1 Å². The van der Waals surface area contributed by atoms with Crippen molar-refractivity contribution in [2.45, 2.75) is 46.3 Å². The van der Waals surface area contributed by atoms with E-state index in [1.807, 2.05) is 33.8 Å². The van der Waals surface area contributed by atoms with Crippen LogP contribution in [0.15, 0.2) is 12.1 Å². The van der Waals surface area contributed by atoms with Crippen molar-refractivity contribution in [3.05, 3.63) is 34.4 Å². The molecule has 0 unspecified atom stereocenters. The predicted molar refractivity (Wildman–Crippen MR) is 82.7 cm³/mol. The van der Waals surface area contributed by atoms with Crippen molar-refractivity contribution < 1.29 is 19.1 Å². The second-order valence-electron chi connectivity index (χ2n) is 6.45. The summed E-state index contributed by atoms with van der Waals surface area (Å²) in [5.41, 5.74) is 3.49. The SMILES string of the molecule is Cc1c(CCNC(=O)COC(C)(C)C)ccc2c1COC2=O. The molecule has 0 saturated carbocycles. The van der Waals surface area contributed by atoms with E-state index in [2.05, 4.69) is 5.32 Å². The van der Waals surface area contributed by atoms with Gasteiger partial charge in [-0.3, -0.25) is 4.79 Å². The third-order valence-corrected chi connectivity index (χ3v) is 3.63. The molecule has 1 amide bonds. The molecule has 1 aromatic rings. The van der Waals surface area contributed by atoms with E-state index >= 15 is 0 Å². The summed E-state index contributed by atoms with van der Waals surface area (Å²) in [6, 6.07) is 3.73. The van der Waals surface area contributed by atoms with Crippen LogP contribution in [-0.2, 0) is 27.3 Å². The summed E-state index contributed by atoms with van der Waals surface area (Å²) in [6.45, 7) is 8.68. The number of hydrogen-bond acceptors (Lipinski definition) is 4. The monoisotopic (exact) mass is 305 g/mol. The molecule has 0 saturated heterocycles. The van der Waals surface area contributed by atoms with E-state index < -0.39 is 0 Å². The second-order valence-corrected chi connectivity index (χ2v) is 6.45. The van der Waals surface area contributed by atoms with Crippen LogP contribution in [0.3, 0.4) is 0 Å². The average molecular weight is 305 g/mol. The molecule has 0 aliphatic carbocycles. The van der Waals surface area contributed by atoms with Gasteiger partial charge in [0.25, 0.3) is 0 Å². The van der Waals surface area contributed by atoms with Crippen LogP contribution in [0.25, 0.3) is 0 Å². The average Bonchev–Trinajstić information content (AvgIpc) is 2.81. The van der Waals surface area contributed by atoms with Gasteiger partial charge in [-0.05, 0) is 51.3 Å². The fraction of sp³-hybridized carbons (Fsp3) is 0.529. The van der Waals surface area contributed by atoms with E-state index in [1.54, 1.807) is 6.07 Å². The number of carbonyl (C=O) groups is 2. The van der Waals surface area contributed by atoms with E-state index in [9.17, 15) is 9.59 Å². The first kappa shape index (κ1) is 16.5. The zero-order valence-corrected chi connectivity index (χ0v) is 13.6. The number of benzene rings is 1. The summed E-state index contributed by atoms with van der Waals surface area (Å²) in [6.07, 6.45) is 0.717. The van der Waals surface area contributed by atoms with Crippen LogP contribution in [0.2, 0.25) is 0 Å². The summed E-state index contributed by atoms with van der Waals surface area (Å²) >= 11 is 0.